The Labute approximate surface area is 171 Å². The van der Waals surface area contributed by atoms with E-state index in [2.05, 4.69) is 5.10 Å². The van der Waals surface area contributed by atoms with E-state index in [1.54, 1.807) is 24.3 Å². The van der Waals surface area contributed by atoms with Gasteiger partial charge in [-0.3, -0.25) is 4.90 Å². The molecule has 0 spiro atoms. The highest BCUT2D eigenvalue weighted by Crippen LogP contribution is 2.23. The maximum atomic E-state index is 13.9. The van der Waals surface area contributed by atoms with E-state index >= 15 is 0 Å². The third-order valence-corrected chi connectivity index (χ3v) is 6.76. The molecule has 158 valence electrons. The largest absolute Gasteiger partial charge is 0.438 e. The summed E-state index contributed by atoms with van der Waals surface area (Å²) in [6, 6.07) is 11.9. The topological polar surface area (TPSA) is 88.7 Å². The van der Waals surface area contributed by atoms with Crippen LogP contribution in [0.5, 0.6) is 0 Å². The van der Waals surface area contributed by atoms with Crippen molar-refractivity contribution in [2.75, 3.05) is 26.2 Å². The molecule has 0 unspecified atom stereocenters. The number of halogens is 2. The van der Waals surface area contributed by atoms with Crippen LogP contribution in [0.15, 0.2) is 62.6 Å². The predicted molar refractivity (Wildman–Crippen MR) is 103 cm³/mol. The highest BCUT2D eigenvalue weighted by molar-refractivity contribution is 7.89. The zero-order valence-electron chi connectivity index (χ0n) is 15.7. The lowest BCUT2D eigenvalue weighted by Gasteiger charge is -2.33. The van der Waals surface area contributed by atoms with Gasteiger partial charge in [-0.15, -0.1) is 5.10 Å². The van der Waals surface area contributed by atoms with Crippen LogP contribution in [0.3, 0.4) is 0 Å². The minimum absolute atomic E-state index is 0.0221. The van der Waals surface area contributed by atoms with E-state index in [9.17, 15) is 22.0 Å². The molecule has 11 heteroatoms. The molecule has 0 aliphatic carbocycles. The molecule has 1 fully saturated rings. The third-order valence-electron chi connectivity index (χ3n) is 4.81. The number of benzene rings is 2. The Hall–Kier alpha value is -2.89. The molecule has 0 bridgehead atoms. The van der Waals surface area contributed by atoms with E-state index < -0.39 is 32.3 Å². The molecule has 1 aromatic heterocycles. The lowest BCUT2D eigenvalue weighted by molar-refractivity contribution is 0.141. The Morgan fingerprint density at radius 1 is 0.933 bits per heavy atom. The van der Waals surface area contributed by atoms with Crippen molar-refractivity contribution in [3.8, 4) is 11.5 Å². The van der Waals surface area contributed by atoms with Gasteiger partial charge in [0.1, 0.15) is 18.3 Å². The number of sulfonamides is 1. The van der Waals surface area contributed by atoms with Crippen LogP contribution in [-0.4, -0.2) is 53.6 Å². The van der Waals surface area contributed by atoms with Crippen LogP contribution in [0.4, 0.5) is 8.78 Å². The predicted octanol–water partition coefficient (Wildman–Crippen LogP) is 1.75. The Morgan fingerprint density at radius 3 is 2.20 bits per heavy atom. The van der Waals surface area contributed by atoms with E-state index in [1.807, 2.05) is 11.0 Å². The zero-order chi connectivity index (χ0) is 21.3. The first kappa shape index (κ1) is 20.4. The van der Waals surface area contributed by atoms with Gasteiger partial charge in [0.05, 0.1) is 0 Å². The Balaban J connectivity index is 1.45. The summed E-state index contributed by atoms with van der Waals surface area (Å²) < 4.78 is 60.6. The van der Waals surface area contributed by atoms with Crippen LogP contribution in [0.1, 0.15) is 0 Å². The average molecular weight is 436 g/mol. The molecule has 0 radical (unpaired) electrons. The van der Waals surface area contributed by atoms with Crippen molar-refractivity contribution in [2.45, 2.75) is 11.6 Å². The number of hydrogen-bond acceptors (Lipinski definition) is 6. The Kier molecular flexibility index (Phi) is 5.50. The van der Waals surface area contributed by atoms with Crippen LogP contribution < -0.4 is 5.76 Å². The molecule has 0 atom stereocenters. The van der Waals surface area contributed by atoms with Gasteiger partial charge in [0.25, 0.3) is 0 Å². The van der Waals surface area contributed by atoms with Crippen LogP contribution in [0.25, 0.3) is 11.5 Å². The summed E-state index contributed by atoms with van der Waals surface area (Å²) in [5, 5.41) is 4.18. The SMILES string of the molecule is O=c1oc(-c2ccccc2)nn1CN1CCN(S(=O)(=O)c2c(F)cccc2F)CC1. The summed E-state index contributed by atoms with van der Waals surface area (Å²) >= 11 is 0. The molecule has 1 saturated heterocycles. The van der Waals surface area contributed by atoms with E-state index in [-0.39, 0.29) is 38.7 Å². The summed E-state index contributed by atoms with van der Waals surface area (Å²) in [7, 11) is -4.31. The van der Waals surface area contributed by atoms with Crippen molar-refractivity contribution >= 4 is 10.0 Å². The van der Waals surface area contributed by atoms with E-state index in [0.717, 1.165) is 27.2 Å². The van der Waals surface area contributed by atoms with Crippen molar-refractivity contribution in [3.63, 3.8) is 0 Å². The van der Waals surface area contributed by atoms with Crippen molar-refractivity contribution in [1.29, 1.82) is 0 Å². The second-order valence-corrected chi connectivity index (χ2v) is 8.63. The fourth-order valence-corrected chi connectivity index (χ4v) is 4.78. The molecule has 1 aliphatic heterocycles. The second-order valence-electron chi connectivity index (χ2n) is 6.75. The number of piperazine rings is 1. The lowest BCUT2D eigenvalue weighted by Crippen LogP contribution is -2.49. The first-order valence-corrected chi connectivity index (χ1v) is 10.6. The smallest absolute Gasteiger partial charge is 0.388 e. The summed E-state index contributed by atoms with van der Waals surface area (Å²) in [6.07, 6.45) is 0. The Morgan fingerprint density at radius 2 is 1.57 bits per heavy atom. The normalized spacial score (nSPS) is 16.1. The molecule has 1 aliphatic rings. The monoisotopic (exact) mass is 436 g/mol. The molecule has 0 amide bonds. The second kappa shape index (κ2) is 8.09. The van der Waals surface area contributed by atoms with Gasteiger partial charge >= 0.3 is 5.76 Å². The quantitative estimate of drug-likeness (QED) is 0.606. The van der Waals surface area contributed by atoms with Gasteiger partial charge in [-0.1, -0.05) is 24.3 Å². The van der Waals surface area contributed by atoms with Crippen molar-refractivity contribution in [1.82, 2.24) is 19.0 Å². The average Bonchev–Trinajstić information content (AvgIpc) is 3.09. The number of nitrogens with zero attached hydrogens (tertiary/aromatic N) is 4. The van der Waals surface area contributed by atoms with E-state index in [4.69, 9.17) is 4.42 Å². The van der Waals surface area contributed by atoms with Gasteiger partial charge < -0.3 is 4.42 Å². The molecule has 2 aromatic carbocycles. The fourth-order valence-electron chi connectivity index (χ4n) is 3.25. The maximum Gasteiger partial charge on any atom is 0.438 e. The first-order chi connectivity index (χ1) is 14.4. The number of hydrogen-bond donors (Lipinski definition) is 0. The van der Waals surface area contributed by atoms with Crippen molar-refractivity contribution in [3.05, 3.63) is 70.7 Å². The van der Waals surface area contributed by atoms with Crippen LogP contribution in [0, 0.1) is 11.6 Å². The van der Waals surface area contributed by atoms with E-state index in [1.165, 1.54) is 0 Å². The molecular weight excluding hydrogens is 418 g/mol. The minimum Gasteiger partial charge on any atom is -0.388 e. The summed E-state index contributed by atoms with van der Waals surface area (Å²) in [4.78, 5) is 13.0. The molecule has 0 saturated carbocycles. The van der Waals surface area contributed by atoms with Gasteiger partial charge in [0.2, 0.25) is 15.9 Å². The first-order valence-electron chi connectivity index (χ1n) is 9.16. The number of aromatic nitrogens is 2. The highest BCUT2D eigenvalue weighted by Gasteiger charge is 2.33. The minimum atomic E-state index is -4.31. The summed E-state index contributed by atoms with van der Waals surface area (Å²) in [5.41, 5.74) is 0.663. The molecule has 3 aromatic rings. The molecule has 2 heterocycles. The molecule has 4 rings (SSSR count). The molecule has 0 N–H and O–H groups in total. The van der Waals surface area contributed by atoms with Crippen LogP contribution in [0.2, 0.25) is 0 Å². The standard InChI is InChI=1S/C19H18F2N4O4S/c20-15-7-4-8-16(21)17(15)30(27,28)24-11-9-23(10-12-24)13-25-19(26)29-18(22-25)14-5-2-1-3-6-14/h1-8H,9-13H2. The number of rotatable bonds is 5. The van der Waals surface area contributed by atoms with Crippen molar-refractivity contribution in [2.24, 2.45) is 0 Å². The van der Waals surface area contributed by atoms with Gasteiger partial charge in [0, 0.05) is 31.7 Å². The van der Waals surface area contributed by atoms with Gasteiger partial charge in [-0.25, -0.2) is 22.0 Å². The van der Waals surface area contributed by atoms with Crippen LogP contribution >= 0.6 is 0 Å². The van der Waals surface area contributed by atoms with Crippen molar-refractivity contribution < 1.29 is 21.6 Å². The van der Waals surface area contributed by atoms with Gasteiger partial charge in [0.15, 0.2) is 4.90 Å². The third kappa shape index (κ3) is 3.91. The lowest BCUT2D eigenvalue weighted by atomic mass is 10.2. The van der Waals surface area contributed by atoms with E-state index in [0.29, 0.717) is 5.56 Å². The molecule has 30 heavy (non-hydrogen) atoms. The van der Waals surface area contributed by atoms with Gasteiger partial charge in [-0.2, -0.15) is 8.99 Å². The fraction of sp³-hybridized carbons (Fsp3) is 0.263. The molecule has 8 nitrogen and oxygen atoms in total. The maximum absolute atomic E-state index is 13.9. The molecular formula is C19H18F2N4O4S. The summed E-state index contributed by atoms with van der Waals surface area (Å²) in [6.45, 7) is 0.671. The highest BCUT2D eigenvalue weighted by atomic mass is 32.2. The summed E-state index contributed by atoms with van der Waals surface area (Å²) in [5.74, 6) is -2.69. The Bertz CT molecular complexity index is 1180. The zero-order valence-corrected chi connectivity index (χ0v) is 16.6. The van der Waals surface area contributed by atoms with Crippen LogP contribution in [-0.2, 0) is 16.7 Å². The van der Waals surface area contributed by atoms with Gasteiger partial charge in [-0.05, 0) is 24.3 Å².